The third kappa shape index (κ3) is 2.17. The van der Waals surface area contributed by atoms with Crippen molar-refractivity contribution in [3.05, 3.63) is 30.1 Å². The van der Waals surface area contributed by atoms with Gasteiger partial charge in [0.25, 0.3) is 5.91 Å². The average molecular weight is 233 g/mol. The molecule has 2 aromatic rings. The zero-order valence-electron chi connectivity index (χ0n) is 9.12. The van der Waals surface area contributed by atoms with Crippen molar-refractivity contribution in [2.75, 3.05) is 5.73 Å². The number of hydrogen-bond acceptors (Lipinski definition) is 5. The number of benzene rings is 1. The molecular formula is C10H11N5O2. The zero-order valence-corrected chi connectivity index (χ0v) is 9.12. The van der Waals surface area contributed by atoms with Gasteiger partial charge in [0.15, 0.2) is 5.75 Å². The van der Waals surface area contributed by atoms with E-state index in [1.54, 1.807) is 19.2 Å². The van der Waals surface area contributed by atoms with E-state index in [9.17, 15) is 4.79 Å². The fraction of sp³-hybridized carbons (Fsp3) is 0.100. The van der Waals surface area contributed by atoms with Crippen LogP contribution in [-0.4, -0.2) is 20.7 Å². The van der Waals surface area contributed by atoms with Gasteiger partial charge in [0, 0.05) is 7.05 Å². The number of hydrogen-bond donors (Lipinski definition) is 2. The van der Waals surface area contributed by atoms with Crippen LogP contribution >= 0.6 is 0 Å². The standard InChI is InChI=1S/C10H11N5O2/c1-15-5-13-10(14-15)17-8-6(9(12)16)3-2-4-7(8)11/h2-5H,11H2,1H3,(H2,12,16). The maximum Gasteiger partial charge on any atom is 0.341 e. The molecular weight excluding hydrogens is 222 g/mol. The summed E-state index contributed by atoms with van der Waals surface area (Å²) in [5.74, 6) is -0.450. The number of nitrogens with two attached hydrogens (primary N) is 2. The minimum absolute atomic E-state index is 0.105. The summed E-state index contributed by atoms with van der Waals surface area (Å²) in [7, 11) is 1.70. The summed E-state index contributed by atoms with van der Waals surface area (Å²) in [6.45, 7) is 0. The van der Waals surface area contributed by atoms with Crippen LogP contribution in [0.25, 0.3) is 0 Å². The van der Waals surface area contributed by atoms with Gasteiger partial charge in [-0.2, -0.15) is 4.98 Å². The van der Waals surface area contributed by atoms with E-state index in [2.05, 4.69) is 10.1 Å². The number of aryl methyl sites for hydroxylation is 1. The van der Waals surface area contributed by atoms with Crippen LogP contribution in [-0.2, 0) is 7.05 Å². The van der Waals surface area contributed by atoms with Gasteiger partial charge >= 0.3 is 6.01 Å². The Kier molecular flexibility index (Phi) is 2.65. The van der Waals surface area contributed by atoms with Crippen LogP contribution in [0.15, 0.2) is 24.5 Å². The summed E-state index contributed by atoms with van der Waals surface area (Å²) in [5.41, 5.74) is 11.4. The van der Waals surface area contributed by atoms with Crippen molar-refractivity contribution in [1.29, 1.82) is 0 Å². The molecule has 0 atom stereocenters. The number of carbonyl (C=O) groups excluding carboxylic acids is 1. The lowest BCUT2D eigenvalue weighted by Gasteiger charge is -2.08. The Morgan fingerprint density at radius 1 is 1.47 bits per heavy atom. The zero-order chi connectivity index (χ0) is 12.4. The maximum atomic E-state index is 11.2. The Hall–Kier alpha value is -2.57. The molecule has 1 heterocycles. The second-order valence-corrected chi connectivity index (χ2v) is 3.39. The van der Waals surface area contributed by atoms with Crippen molar-refractivity contribution in [3.63, 3.8) is 0 Å². The lowest BCUT2D eigenvalue weighted by molar-refractivity contribution is 0.0998. The van der Waals surface area contributed by atoms with E-state index in [1.165, 1.54) is 17.1 Å². The molecule has 0 aliphatic rings. The lowest BCUT2D eigenvalue weighted by Crippen LogP contribution is -2.13. The molecule has 0 aliphatic heterocycles. The molecule has 0 saturated heterocycles. The van der Waals surface area contributed by atoms with Gasteiger partial charge in [-0.15, -0.1) is 5.10 Å². The second kappa shape index (κ2) is 4.12. The number of anilines is 1. The van der Waals surface area contributed by atoms with Crippen molar-refractivity contribution in [1.82, 2.24) is 14.8 Å². The molecule has 0 bridgehead atoms. The van der Waals surface area contributed by atoms with E-state index >= 15 is 0 Å². The third-order valence-corrected chi connectivity index (χ3v) is 2.08. The van der Waals surface area contributed by atoms with Crippen LogP contribution in [0.2, 0.25) is 0 Å². The first kappa shape index (κ1) is 10.9. The van der Waals surface area contributed by atoms with Crippen molar-refractivity contribution < 1.29 is 9.53 Å². The fourth-order valence-electron chi connectivity index (χ4n) is 1.32. The first-order valence-electron chi connectivity index (χ1n) is 4.79. The van der Waals surface area contributed by atoms with Crippen LogP contribution in [0.1, 0.15) is 10.4 Å². The summed E-state index contributed by atoms with van der Waals surface area (Å²) in [6, 6.07) is 4.85. The monoisotopic (exact) mass is 233 g/mol. The smallest absolute Gasteiger partial charge is 0.341 e. The van der Waals surface area contributed by atoms with Gasteiger partial charge in [0.2, 0.25) is 0 Å². The van der Waals surface area contributed by atoms with Gasteiger partial charge in [-0.25, -0.2) is 0 Å². The molecule has 1 aromatic heterocycles. The summed E-state index contributed by atoms with van der Waals surface area (Å²) >= 11 is 0. The number of nitrogens with zero attached hydrogens (tertiary/aromatic N) is 3. The molecule has 4 N–H and O–H groups in total. The summed E-state index contributed by atoms with van der Waals surface area (Å²) in [6.07, 6.45) is 1.47. The van der Waals surface area contributed by atoms with Crippen molar-refractivity contribution in [2.24, 2.45) is 12.8 Å². The number of ether oxygens (including phenoxy) is 1. The molecule has 1 amide bonds. The topological polar surface area (TPSA) is 109 Å². The Morgan fingerprint density at radius 2 is 2.24 bits per heavy atom. The Balaban J connectivity index is 2.40. The van der Waals surface area contributed by atoms with Gasteiger partial charge in [-0.3, -0.25) is 9.48 Å². The second-order valence-electron chi connectivity index (χ2n) is 3.39. The van der Waals surface area contributed by atoms with Gasteiger partial charge in [-0.05, 0) is 12.1 Å². The summed E-state index contributed by atoms with van der Waals surface area (Å²) in [4.78, 5) is 15.1. The molecule has 2 rings (SSSR count). The highest BCUT2D eigenvalue weighted by molar-refractivity contribution is 5.97. The molecule has 17 heavy (non-hydrogen) atoms. The Labute approximate surface area is 97.0 Å². The number of nitrogen functional groups attached to an aromatic ring is 1. The Morgan fingerprint density at radius 3 is 2.82 bits per heavy atom. The minimum Gasteiger partial charge on any atom is -0.420 e. The maximum absolute atomic E-state index is 11.2. The lowest BCUT2D eigenvalue weighted by atomic mass is 10.1. The molecule has 7 heteroatoms. The van der Waals surface area contributed by atoms with E-state index in [0.717, 1.165) is 0 Å². The number of carbonyl (C=O) groups is 1. The first-order valence-corrected chi connectivity index (χ1v) is 4.79. The predicted octanol–water partition coefficient (Wildman–Crippen LogP) is 0.288. The van der Waals surface area contributed by atoms with Gasteiger partial charge in [-0.1, -0.05) is 6.07 Å². The van der Waals surface area contributed by atoms with Crippen molar-refractivity contribution in [2.45, 2.75) is 0 Å². The molecule has 0 radical (unpaired) electrons. The van der Waals surface area contributed by atoms with Crippen LogP contribution in [0.3, 0.4) is 0 Å². The number of primary amides is 1. The van der Waals surface area contributed by atoms with Crippen LogP contribution in [0, 0.1) is 0 Å². The number of para-hydroxylation sites is 1. The average Bonchev–Trinajstić information content (AvgIpc) is 2.67. The molecule has 0 aliphatic carbocycles. The van der Waals surface area contributed by atoms with E-state index in [4.69, 9.17) is 16.2 Å². The number of amides is 1. The van der Waals surface area contributed by atoms with Crippen LogP contribution in [0.5, 0.6) is 11.8 Å². The molecule has 1 aromatic carbocycles. The van der Waals surface area contributed by atoms with E-state index in [0.29, 0.717) is 5.69 Å². The molecule has 0 unspecified atom stereocenters. The minimum atomic E-state index is -0.622. The van der Waals surface area contributed by atoms with Crippen LogP contribution in [0.4, 0.5) is 5.69 Å². The first-order chi connectivity index (χ1) is 8.08. The van der Waals surface area contributed by atoms with Gasteiger partial charge in [0.05, 0.1) is 11.3 Å². The highest BCUT2D eigenvalue weighted by Gasteiger charge is 2.14. The molecule has 0 saturated carbocycles. The molecule has 7 nitrogen and oxygen atoms in total. The van der Waals surface area contributed by atoms with Gasteiger partial charge < -0.3 is 16.2 Å². The highest BCUT2D eigenvalue weighted by Crippen LogP contribution is 2.29. The fourth-order valence-corrected chi connectivity index (χ4v) is 1.32. The predicted molar refractivity (Wildman–Crippen MR) is 60.4 cm³/mol. The summed E-state index contributed by atoms with van der Waals surface area (Å²) in [5, 5.41) is 3.92. The van der Waals surface area contributed by atoms with Gasteiger partial charge in [0.1, 0.15) is 6.33 Å². The Bertz CT molecular complexity index is 564. The molecule has 0 fully saturated rings. The van der Waals surface area contributed by atoms with E-state index in [-0.39, 0.29) is 17.3 Å². The third-order valence-electron chi connectivity index (χ3n) is 2.08. The largest absolute Gasteiger partial charge is 0.420 e. The molecule has 88 valence electrons. The molecule has 0 spiro atoms. The number of rotatable bonds is 3. The van der Waals surface area contributed by atoms with Crippen molar-refractivity contribution >= 4 is 11.6 Å². The van der Waals surface area contributed by atoms with Crippen LogP contribution < -0.4 is 16.2 Å². The normalized spacial score (nSPS) is 10.2. The van der Waals surface area contributed by atoms with E-state index < -0.39 is 5.91 Å². The van der Waals surface area contributed by atoms with Crippen molar-refractivity contribution in [3.8, 4) is 11.8 Å². The SMILES string of the molecule is Cn1cnc(Oc2c(N)cccc2C(N)=O)n1. The number of aromatic nitrogens is 3. The quantitative estimate of drug-likeness (QED) is 0.740. The summed E-state index contributed by atoms with van der Waals surface area (Å²) < 4.78 is 6.82. The van der Waals surface area contributed by atoms with E-state index in [1.807, 2.05) is 0 Å². The highest BCUT2D eigenvalue weighted by atomic mass is 16.5.